The predicted molar refractivity (Wildman–Crippen MR) is 136 cm³/mol. The van der Waals surface area contributed by atoms with Gasteiger partial charge in [-0.2, -0.15) is 0 Å². The molecule has 1 aliphatic rings. The maximum absolute atomic E-state index is 13.9. The van der Waals surface area contributed by atoms with Crippen LogP contribution in [0, 0.1) is 23.4 Å². The number of amides is 2. The third kappa shape index (κ3) is 7.64. The number of aliphatic carboxylic acids is 1. The van der Waals surface area contributed by atoms with Gasteiger partial charge in [0.05, 0.1) is 0 Å². The Balaban J connectivity index is 1.52. The number of hydrogen-bond donors (Lipinski definition) is 3. The first kappa shape index (κ1) is 29.3. The monoisotopic (exact) mass is 553 g/mol. The van der Waals surface area contributed by atoms with Crippen molar-refractivity contribution in [3.63, 3.8) is 0 Å². The molecule has 38 heavy (non-hydrogen) atoms. The highest BCUT2D eigenvalue weighted by Gasteiger charge is 2.35. The molecule has 8 nitrogen and oxygen atoms in total. The largest absolute Gasteiger partial charge is 0.478 e. The second kappa shape index (κ2) is 13.0. The Morgan fingerprint density at radius 3 is 2.42 bits per heavy atom. The summed E-state index contributed by atoms with van der Waals surface area (Å²) in [5.41, 5.74) is 6.60. The van der Waals surface area contributed by atoms with Gasteiger partial charge in [0.2, 0.25) is 5.91 Å². The molecule has 1 unspecified atom stereocenters. The minimum Gasteiger partial charge on any atom is -0.478 e. The number of ether oxygens (including phenoxy) is 1. The Kier molecular flexibility index (Phi) is 10.0. The molecule has 2 amide bonds. The third-order valence-electron chi connectivity index (χ3n) is 5.95. The molecule has 12 heteroatoms. The number of halogens is 3. The van der Waals surface area contributed by atoms with E-state index in [1.807, 2.05) is 0 Å². The molecule has 0 saturated carbocycles. The van der Waals surface area contributed by atoms with Crippen molar-refractivity contribution in [3.8, 4) is 5.75 Å². The van der Waals surface area contributed by atoms with E-state index in [-0.39, 0.29) is 36.8 Å². The molecule has 3 rings (SSSR count). The van der Waals surface area contributed by atoms with Crippen LogP contribution in [0.15, 0.2) is 36.4 Å². The van der Waals surface area contributed by atoms with Crippen LogP contribution in [0.25, 0.3) is 0 Å². The van der Waals surface area contributed by atoms with Crippen LogP contribution >= 0.6 is 11.8 Å². The minimum atomic E-state index is -1.30. The molecule has 2 aromatic carbocycles. The molecule has 0 aliphatic carbocycles. The van der Waals surface area contributed by atoms with E-state index < -0.39 is 46.8 Å². The van der Waals surface area contributed by atoms with Crippen LogP contribution in [0.2, 0.25) is 0 Å². The molecule has 1 heterocycles. The van der Waals surface area contributed by atoms with Crippen molar-refractivity contribution in [2.45, 2.75) is 50.8 Å². The molecule has 4 N–H and O–H groups in total. The Morgan fingerprint density at radius 1 is 1.13 bits per heavy atom. The van der Waals surface area contributed by atoms with Gasteiger partial charge in [-0.3, -0.25) is 9.59 Å². The molecule has 0 spiro atoms. The number of thioether (sulfide) groups is 1. The lowest BCUT2D eigenvalue weighted by molar-refractivity contribution is -0.147. The zero-order valence-electron chi connectivity index (χ0n) is 21.0. The van der Waals surface area contributed by atoms with Gasteiger partial charge < -0.3 is 25.8 Å². The van der Waals surface area contributed by atoms with Crippen LogP contribution in [0.1, 0.15) is 31.4 Å². The fourth-order valence-corrected chi connectivity index (χ4v) is 5.10. The maximum atomic E-state index is 13.9. The van der Waals surface area contributed by atoms with Crippen molar-refractivity contribution in [2.75, 3.05) is 12.3 Å². The van der Waals surface area contributed by atoms with Gasteiger partial charge in [0.1, 0.15) is 11.6 Å². The first-order valence-electron chi connectivity index (χ1n) is 12.0. The van der Waals surface area contributed by atoms with E-state index in [1.165, 1.54) is 16.7 Å². The van der Waals surface area contributed by atoms with Gasteiger partial charge in [-0.1, -0.05) is 26.0 Å². The summed E-state index contributed by atoms with van der Waals surface area (Å²) in [6, 6.07) is 6.97. The Bertz CT molecular complexity index is 1170. The molecule has 206 valence electrons. The van der Waals surface area contributed by atoms with Crippen LogP contribution in [0.5, 0.6) is 5.75 Å². The second-order valence-electron chi connectivity index (χ2n) is 9.32. The van der Waals surface area contributed by atoms with Crippen molar-refractivity contribution in [1.29, 1.82) is 0 Å². The van der Waals surface area contributed by atoms with Gasteiger partial charge in [0, 0.05) is 43.3 Å². The topological polar surface area (TPSA) is 122 Å². The van der Waals surface area contributed by atoms with Gasteiger partial charge in [-0.15, -0.1) is 11.8 Å². The molecule has 1 saturated heterocycles. The molecular weight excluding hydrogens is 523 g/mol. The van der Waals surface area contributed by atoms with E-state index in [0.29, 0.717) is 24.1 Å². The number of carbonyl (C=O) groups excluding carboxylic acids is 2. The average molecular weight is 554 g/mol. The van der Waals surface area contributed by atoms with Crippen LogP contribution < -0.4 is 15.8 Å². The number of nitrogens with one attached hydrogen (secondary N) is 1. The fourth-order valence-electron chi connectivity index (χ4n) is 3.94. The van der Waals surface area contributed by atoms with Crippen molar-refractivity contribution >= 4 is 29.5 Å². The Hall–Kier alpha value is -3.25. The van der Waals surface area contributed by atoms with E-state index in [0.717, 1.165) is 11.6 Å². The summed E-state index contributed by atoms with van der Waals surface area (Å²) in [6.07, 6.45) is -1.35. The lowest BCUT2D eigenvalue weighted by atomic mass is 10.0. The third-order valence-corrected chi connectivity index (χ3v) is 7.15. The molecule has 0 radical (unpaired) electrons. The summed E-state index contributed by atoms with van der Waals surface area (Å²) < 4.78 is 46.0. The maximum Gasteiger partial charge on any atom is 0.345 e. The predicted octanol–water partition coefficient (Wildman–Crippen LogP) is 3.07. The van der Waals surface area contributed by atoms with Gasteiger partial charge >= 0.3 is 5.97 Å². The van der Waals surface area contributed by atoms with Gasteiger partial charge in [-0.05, 0) is 35.7 Å². The summed E-state index contributed by atoms with van der Waals surface area (Å²) in [7, 11) is 0. The summed E-state index contributed by atoms with van der Waals surface area (Å²) >= 11 is 1.30. The number of carbonyl (C=O) groups is 3. The van der Waals surface area contributed by atoms with E-state index >= 15 is 0 Å². The van der Waals surface area contributed by atoms with E-state index in [1.54, 1.807) is 38.1 Å². The number of nitrogens with two attached hydrogens (primary N) is 1. The smallest absolute Gasteiger partial charge is 0.345 e. The molecular formula is C26H30F3N3O5S. The van der Waals surface area contributed by atoms with E-state index in [9.17, 15) is 32.7 Å². The molecule has 1 aliphatic heterocycles. The molecule has 0 aromatic heterocycles. The first-order valence-corrected chi connectivity index (χ1v) is 13.1. The Labute approximate surface area is 222 Å². The summed E-state index contributed by atoms with van der Waals surface area (Å²) in [5.74, 6) is -4.55. The normalized spacial score (nSPS) is 16.8. The van der Waals surface area contributed by atoms with E-state index in [2.05, 4.69) is 5.32 Å². The highest BCUT2D eigenvalue weighted by atomic mass is 32.2. The van der Waals surface area contributed by atoms with Crippen molar-refractivity contribution in [3.05, 3.63) is 65.0 Å². The second-order valence-corrected chi connectivity index (χ2v) is 10.5. The number of carboxylic acid groups (broad SMARTS) is 1. The number of carboxylic acids is 1. The fraction of sp³-hybridized carbons (Fsp3) is 0.423. The first-order chi connectivity index (χ1) is 18.0. The van der Waals surface area contributed by atoms with Gasteiger partial charge in [0.25, 0.3) is 5.91 Å². The summed E-state index contributed by atoms with van der Waals surface area (Å²) in [5, 5.41) is 11.3. The van der Waals surface area contributed by atoms with Crippen molar-refractivity contribution in [2.24, 2.45) is 11.7 Å². The zero-order valence-corrected chi connectivity index (χ0v) is 21.8. The van der Waals surface area contributed by atoms with Crippen LogP contribution in [-0.2, 0) is 27.3 Å². The van der Waals surface area contributed by atoms with Crippen molar-refractivity contribution < 1.29 is 37.4 Å². The molecule has 1 fully saturated rings. The van der Waals surface area contributed by atoms with E-state index in [4.69, 9.17) is 10.5 Å². The number of nitrogens with zero attached hydrogens (tertiary/aromatic N) is 1. The molecule has 2 aromatic rings. The lowest BCUT2D eigenvalue weighted by Gasteiger charge is -2.24. The van der Waals surface area contributed by atoms with Gasteiger partial charge in [-0.25, -0.2) is 18.0 Å². The van der Waals surface area contributed by atoms with Gasteiger partial charge in [0.15, 0.2) is 23.1 Å². The molecule has 3 atom stereocenters. The number of hydrogen-bond acceptors (Lipinski definition) is 6. The average Bonchev–Trinajstić information content (AvgIpc) is 3.35. The van der Waals surface area contributed by atoms with Crippen LogP contribution in [-0.4, -0.2) is 57.6 Å². The standard InChI is InChI=1S/C26H30F3N3O5S/c1-14(2)23(26(35)36)37-18-5-3-15(4-6-18)13-31-24(34)25-32(7-8-38-25)22(33)11-17(30)9-16-10-20(28)21(29)12-19(16)27/h3-6,10,12,14,17,23,25H,7-9,11,13,30H2,1-2H3,(H,31,34)(H,35,36)/t17-,23-,25?/m1/s1. The summed E-state index contributed by atoms with van der Waals surface area (Å²) in [4.78, 5) is 38.4. The van der Waals surface area contributed by atoms with Crippen molar-refractivity contribution in [1.82, 2.24) is 10.2 Å². The SMILES string of the molecule is CC(C)[C@@H](Oc1ccc(CNC(=O)C2SCCN2C(=O)C[C@H](N)Cc2cc(F)c(F)cc2F)cc1)C(=O)O. The highest BCUT2D eigenvalue weighted by Crippen LogP contribution is 2.26. The molecule has 0 bridgehead atoms. The Morgan fingerprint density at radius 2 is 1.79 bits per heavy atom. The quantitative estimate of drug-likeness (QED) is 0.366. The number of benzene rings is 2. The zero-order chi connectivity index (χ0) is 28.0. The van der Waals surface area contributed by atoms with Crippen LogP contribution in [0.4, 0.5) is 13.2 Å². The number of rotatable bonds is 11. The minimum absolute atomic E-state index is 0.131. The van der Waals surface area contributed by atoms with Crippen LogP contribution in [0.3, 0.4) is 0 Å². The summed E-state index contributed by atoms with van der Waals surface area (Å²) in [6.45, 7) is 4.01. The lowest BCUT2D eigenvalue weighted by Crippen LogP contribution is -2.46. The highest BCUT2D eigenvalue weighted by molar-refractivity contribution is 8.00.